The third kappa shape index (κ3) is 3.85. The van der Waals surface area contributed by atoms with E-state index in [1.807, 2.05) is 6.92 Å². The predicted molar refractivity (Wildman–Crippen MR) is 60.9 cm³/mol. The Balaban J connectivity index is 2.66. The summed E-state index contributed by atoms with van der Waals surface area (Å²) in [6, 6.07) is 5.78. The molecular weight excluding hydrogens is 223 g/mol. The minimum atomic E-state index is -0.653. The molecule has 1 aromatic rings. The highest BCUT2D eigenvalue weighted by Crippen LogP contribution is 2.17. The molecule has 0 aromatic heterocycles. The maximum atomic E-state index is 13.2. The number of ether oxygens (including phenoxy) is 1. The van der Waals surface area contributed by atoms with Crippen molar-refractivity contribution >= 4 is 11.6 Å². The number of nitriles is 1. The molecule has 1 amide bonds. The summed E-state index contributed by atoms with van der Waals surface area (Å²) in [5.74, 6) is -1.06. The molecule has 4 nitrogen and oxygen atoms in total. The van der Waals surface area contributed by atoms with Gasteiger partial charge in [-0.25, -0.2) is 4.39 Å². The Morgan fingerprint density at radius 2 is 2.35 bits per heavy atom. The summed E-state index contributed by atoms with van der Waals surface area (Å²) < 4.78 is 18.2. The highest BCUT2D eigenvalue weighted by atomic mass is 19.1. The van der Waals surface area contributed by atoms with Gasteiger partial charge in [0.2, 0.25) is 5.91 Å². The van der Waals surface area contributed by atoms with Crippen LogP contribution in [0.1, 0.15) is 18.9 Å². The van der Waals surface area contributed by atoms with Crippen LogP contribution in [0.2, 0.25) is 0 Å². The lowest BCUT2D eigenvalue weighted by Gasteiger charge is -2.07. The topological polar surface area (TPSA) is 62.1 Å². The average Bonchev–Trinajstić information content (AvgIpc) is 2.29. The molecule has 0 atom stereocenters. The van der Waals surface area contributed by atoms with Crippen molar-refractivity contribution < 1.29 is 13.9 Å². The second kappa shape index (κ2) is 6.61. The number of carbonyl (C=O) groups excluding carboxylic acids is 1. The Labute approximate surface area is 99.0 Å². The molecule has 0 unspecified atom stereocenters. The molecule has 1 rings (SSSR count). The molecule has 0 radical (unpaired) electrons. The van der Waals surface area contributed by atoms with Gasteiger partial charge in [-0.05, 0) is 18.6 Å². The number of carbonyl (C=O) groups is 1. The van der Waals surface area contributed by atoms with Crippen LogP contribution in [0.15, 0.2) is 18.2 Å². The van der Waals surface area contributed by atoms with E-state index < -0.39 is 11.7 Å². The van der Waals surface area contributed by atoms with Gasteiger partial charge in [0.15, 0.2) is 0 Å². The highest BCUT2D eigenvalue weighted by molar-refractivity contribution is 5.93. The van der Waals surface area contributed by atoms with E-state index in [0.717, 1.165) is 6.42 Å². The molecule has 1 aromatic carbocycles. The first-order chi connectivity index (χ1) is 8.19. The molecule has 5 heteroatoms. The molecule has 0 saturated carbocycles. The number of hydrogen-bond donors (Lipinski definition) is 1. The summed E-state index contributed by atoms with van der Waals surface area (Å²) in [4.78, 5) is 11.4. The molecule has 0 aliphatic heterocycles. The lowest BCUT2D eigenvalue weighted by Crippen LogP contribution is -2.19. The van der Waals surface area contributed by atoms with Crippen LogP contribution in [0, 0.1) is 17.1 Å². The normalized spacial score (nSPS) is 9.71. The Morgan fingerprint density at radius 3 is 3.00 bits per heavy atom. The summed E-state index contributed by atoms with van der Waals surface area (Å²) in [5, 5.41) is 11.2. The van der Waals surface area contributed by atoms with E-state index in [2.05, 4.69) is 5.32 Å². The molecule has 0 spiro atoms. The largest absolute Gasteiger partial charge is 0.372 e. The summed E-state index contributed by atoms with van der Waals surface area (Å²) in [6.45, 7) is 2.31. The number of anilines is 1. The first kappa shape index (κ1) is 13.1. The van der Waals surface area contributed by atoms with Gasteiger partial charge in [-0.3, -0.25) is 4.79 Å². The van der Waals surface area contributed by atoms with E-state index in [0.29, 0.717) is 6.61 Å². The summed E-state index contributed by atoms with van der Waals surface area (Å²) in [5.41, 5.74) is -0.00561. The summed E-state index contributed by atoms with van der Waals surface area (Å²) >= 11 is 0. The molecule has 0 aliphatic rings. The van der Waals surface area contributed by atoms with Crippen LogP contribution in [-0.4, -0.2) is 19.1 Å². The number of rotatable bonds is 5. The molecule has 0 bridgehead atoms. The Kier molecular flexibility index (Phi) is 5.11. The minimum absolute atomic E-state index is 0.102. The Morgan fingerprint density at radius 1 is 1.59 bits per heavy atom. The smallest absolute Gasteiger partial charge is 0.250 e. The van der Waals surface area contributed by atoms with E-state index in [4.69, 9.17) is 10.00 Å². The van der Waals surface area contributed by atoms with E-state index in [9.17, 15) is 9.18 Å². The van der Waals surface area contributed by atoms with Crippen molar-refractivity contribution in [3.05, 3.63) is 29.6 Å². The van der Waals surface area contributed by atoms with Gasteiger partial charge in [-0.2, -0.15) is 5.26 Å². The zero-order valence-corrected chi connectivity index (χ0v) is 9.50. The second-order valence-corrected chi connectivity index (χ2v) is 3.37. The number of halogens is 1. The Hall–Kier alpha value is -1.93. The monoisotopic (exact) mass is 236 g/mol. The van der Waals surface area contributed by atoms with Gasteiger partial charge in [0.05, 0.1) is 5.69 Å². The van der Waals surface area contributed by atoms with Crippen molar-refractivity contribution in [2.24, 2.45) is 0 Å². The van der Waals surface area contributed by atoms with E-state index in [1.165, 1.54) is 18.2 Å². The van der Waals surface area contributed by atoms with Gasteiger partial charge in [0.25, 0.3) is 0 Å². The number of nitrogens with one attached hydrogen (secondary N) is 1. The van der Waals surface area contributed by atoms with Crippen LogP contribution in [0.25, 0.3) is 0 Å². The van der Waals surface area contributed by atoms with Crippen LogP contribution in [-0.2, 0) is 9.53 Å². The van der Waals surface area contributed by atoms with Crippen LogP contribution in [0.3, 0.4) is 0 Å². The number of amides is 1. The molecule has 0 fully saturated rings. The van der Waals surface area contributed by atoms with E-state index in [-0.39, 0.29) is 17.9 Å². The molecule has 0 heterocycles. The number of hydrogen-bond acceptors (Lipinski definition) is 3. The fraction of sp³-hybridized carbons (Fsp3) is 0.333. The summed E-state index contributed by atoms with van der Waals surface area (Å²) in [6.07, 6.45) is 0.816. The maximum absolute atomic E-state index is 13.2. The van der Waals surface area contributed by atoms with Crippen molar-refractivity contribution in [2.75, 3.05) is 18.5 Å². The molecular formula is C12H13FN2O2. The van der Waals surface area contributed by atoms with Crippen molar-refractivity contribution in [1.29, 1.82) is 5.26 Å². The van der Waals surface area contributed by atoms with Crippen molar-refractivity contribution in [3.63, 3.8) is 0 Å². The summed E-state index contributed by atoms with van der Waals surface area (Å²) in [7, 11) is 0. The molecule has 90 valence electrons. The molecule has 1 N–H and O–H groups in total. The first-order valence-corrected chi connectivity index (χ1v) is 5.25. The van der Waals surface area contributed by atoms with Gasteiger partial charge < -0.3 is 10.1 Å². The second-order valence-electron chi connectivity index (χ2n) is 3.37. The fourth-order valence-electron chi connectivity index (χ4n) is 1.24. The lowest BCUT2D eigenvalue weighted by molar-refractivity contribution is -0.120. The minimum Gasteiger partial charge on any atom is -0.372 e. The zero-order chi connectivity index (χ0) is 12.7. The predicted octanol–water partition coefficient (Wildman–Crippen LogP) is 2.06. The van der Waals surface area contributed by atoms with Crippen molar-refractivity contribution in [3.8, 4) is 6.07 Å². The standard InChI is InChI=1S/C12H13FN2O2/c1-2-6-17-8-12(16)15-11-5-3-4-10(13)9(11)7-14/h3-5H,2,6,8H2,1H3,(H,15,16). The van der Waals surface area contributed by atoms with E-state index in [1.54, 1.807) is 6.07 Å². The third-order valence-corrected chi connectivity index (χ3v) is 1.98. The van der Waals surface area contributed by atoms with Crippen LogP contribution in [0.5, 0.6) is 0 Å². The van der Waals surface area contributed by atoms with E-state index >= 15 is 0 Å². The average molecular weight is 236 g/mol. The lowest BCUT2D eigenvalue weighted by atomic mass is 10.2. The first-order valence-electron chi connectivity index (χ1n) is 5.25. The number of benzene rings is 1. The third-order valence-electron chi connectivity index (χ3n) is 1.98. The van der Waals surface area contributed by atoms with Crippen molar-refractivity contribution in [1.82, 2.24) is 0 Å². The highest BCUT2D eigenvalue weighted by Gasteiger charge is 2.10. The van der Waals surface area contributed by atoms with Crippen LogP contribution in [0.4, 0.5) is 10.1 Å². The zero-order valence-electron chi connectivity index (χ0n) is 9.50. The van der Waals surface area contributed by atoms with Gasteiger partial charge in [-0.1, -0.05) is 13.0 Å². The maximum Gasteiger partial charge on any atom is 0.250 e. The van der Waals surface area contributed by atoms with Gasteiger partial charge in [-0.15, -0.1) is 0 Å². The van der Waals surface area contributed by atoms with Crippen LogP contribution >= 0.6 is 0 Å². The molecule has 0 saturated heterocycles. The van der Waals surface area contributed by atoms with Gasteiger partial charge in [0, 0.05) is 6.61 Å². The number of nitrogens with zero attached hydrogens (tertiary/aromatic N) is 1. The van der Waals surface area contributed by atoms with Gasteiger partial charge in [0.1, 0.15) is 24.1 Å². The molecule has 17 heavy (non-hydrogen) atoms. The molecule has 0 aliphatic carbocycles. The Bertz CT molecular complexity index is 441. The quantitative estimate of drug-likeness (QED) is 0.796. The fourth-order valence-corrected chi connectivity index (χ4v) is 1.24. The van der Waals surface area contributed by atoms with Gasteiger partial charge >= 0.3 is 0 Å². The van der Waals surface area contributed by atoms with Crippen molar-refractivity contribution in [2.45, 2.75) is 13.3 Å². The van der Waals surface area contributed by atoms with Crippen LogP contribution < -0.4 is 5.32 Å². The SMILES string of the molecule is CCCOCC(=O)Nc1cccc(F)c1C#N.